The molecular formula is C13H17FO2. The van der Waals surface area contributed by atoms with Crippen LogP contribution in [0.2, 0.25) is 0 Å². The predicted octanol–water partition coefficient (Wildman–Crippen LogP) is 2.99. The quantitative estimate of drug-likeness (QED) is 0.768. The number of aryl methyl sites for hydroxylation is 1. The maximum atomic E-state index is 13.3. The highest BCUT2D eigenvalue weighted by Crippen LogP contribution is 2.18. The molecule has 88 valence electrons. The van der Waals surface area contributed by atoms with E-state index < -0.39 is 0 Å². The fraction of sp³-hybridized carbons (Fsp3) is 0.462. The smallest absolute Gasteiger partial charge is 0.165 e. The summed E-state index contributed by atoms with van der Waals surface area (Å²) >= 11 is 0. The number of carbonyl (C=O) groups is 1. The number of methoxy groups -OCH3 is 1. The lowest BCUT2D eigenvalue weighted by molar-refractivity contribution is -0.121. The van der Waals surface area contributed by atoms with Gasteiger partial charge >= 0.3 is 0 Å². The van der Waals surface area contributed by atoms with Crippen LogP contribution in [0.5, 0.6) is 5.75 Å². The van der Waals surface area contributed by atoms with Crippen LogP contribution in [0.1, 0.15) is 25.8 Å². The summed E-state index contributed by atoms with van der Waals surface area (Å²) in [6, 6.07) is 4.80. The molecule has 0 aliphatic heterocycles. The standard InChI is InChI=1S/C13H17FO2/c1-9(2)12(15)6-4-10-5-7-13(16-3)11(14)8-10/h5,7-9H,4,6H2,1-3H3. The lowest BCUT2D eigenvalue weighted by atomic mass is 10.0. The second-order valence-corrected chi connectivity index (χ2v) is 4.09. The maximum absolute atomic E-state index is 13.3. The molecule has 1 aromatic carbocycles. The lowest BCUT2D eigenvalue weighted by Gasteiger charge is -2.06. The van der Waals surface area contributed by atoms with Gasteiger partial charge in [0.15, 0.2) is 11.6 Å². The number of carbonyl (C=O) groups excluding carboxylic acids is 1. The van der Waals surface area contributed by atoms with Crippen molar-refractivity contribution in [2.75, 3.05) is 7.11 Å². The summed E-state index contributed by atoms with van der Waals surface area (Å²) in [6.45, 7) is 3.74. The van der Waals surface area contributed by atoms with Crippen LogP contribution in [0.25, 0.3) is 0 Å². The molecule has 1 aromatic rings. The fourth-order valence-electron chi connectivity index (χ4n) is 1.42. The molecule has 0 saturated carbocycles. The van der Waals surface area contributed by atoms with Gasteiger partial charge < -0.3 is 4.74 Å². The van der Waals surface area contributed by atoms with E-state index in [2.05, 4.69) is 0 Å². The summed E-state index contributed by atoms with van der Waals surface area (Å²) in [5.41, 5.74) is 0.826. The van der Waals surface area contributed by atoms with Crippen molar-refractivity contribution < 1.29 is 13.9 Å². The van der Waals surface area contributed by atoms with Gasteiger partial charge in [0, 0.05) is 12.3 Å². The van der Waals surface area contributed by atoms with Crippen molar-refractivity contribution in [1.82, 2.24) is 0 Å². The topological polar surface area (TPSA) is 26.3 Å². The Morgan fingerprint density at radius 2 is 2.12 bits per heavy atom. The Kier molecular flexibility index (Phi) is 4.47. The van der Waals surface area contributed by atoms with Gasteiger partial charge in [-0.3, -0.25) is 4.79 Å². The summed E-state index contributed by atoms with van der Waals surface area (Å²) < 4.78 is 18.1. The van der Waals surface area contributed by atoms with Crippen molar-refractivity contribution in [2.24, 2.45) is 5.92 Å². The molecule has 2 nitrogen and oxygen atoms in total. The molecule has 1 rings (SSSR count). The average molecular weight is 224 g/mol. The van der Waals surface area contributed by atoms with Crippen LogP contribution < -0.4 is 4.74 Å². The number of halogens is 1. The second-order valence-electron chi connectivity index (χ2n) is 4.09. The van der Waals surface area contributed by atoms with Crippen LogP contribution >= 0.6 is 0 Å². The molecule has 0 aliphatic rings. The van der Waals surface area contributed by atoms with Crippen LogP contribution in [-0.2, 0) is 11.2 Å². The normalized spacial score (nSPS) is 10.6. The Balaban J connectivity index is 2.62. The van der Waals surface area contributed by atoms with E-state index in [1.54, 1.807) is 12.1 Å². The third-order valence-electron chi connectivity index (χ3n) is 2.52. The monoisotopic (exact) mass is 224 g/mol. The Hall–Kier alpha value is -1.38. The minimum Gasteiger partial charge on any atom is -0.494 e. The molecule has 0 aliphatic carbocycles. The van der Waals surface area contributed by atoms with Crippen molar-refractivity contribution in [1.29, 1.82) is 0 Å². The van der Waals surface area contributed by atoms with Crippen LogP contribution in [0.3, 0.4) is 0 Å². The van der Waals surface area contributed by atoms with E-state index in [9.17, 15) is 9.18 Å². The second kappa shape index (κ2) is 5.64. The van der Waals surface area contributed by atoms with Gasteiger partial charge in [-0.15, -0.1) is 0 Å². The molecule has 0 radical (unpaired) electrons. The van der Waals surface area contributed by atoms with Crippen molar-refractivity contribution in [3.8, 4) is 5.75 Å². The SMILES string of the molecule is COc1ccc(CCC(=O)C(C)C)cc1F. The first kappa shape index (κ1) is 12.7. The molecule has 0 unspecified atom stereocenters. The molecular weight excluding hydrogens is 207 g/mol. The zero-order valence-corrected chi connectivity index (χ0v) is 9.92. The Bertz CT molecular complexity index is 372. The van der Waals surface area contributed by atoms with Gasteiger partial charge in [0.05, 0.1) is 7.11 Å². The number of ether oxygens (including phenoxy) is 1. The van der Waals surface area contributed by atoms with E-state index in [1.165, 1.54) is 13.2 Å². The summed E-state index contributed by atoms with van der Waals surface area (Å²) in [4.78, 5) is 11.4. The molecule has 0 bridgehead atoms. The van der Waals surface area contributed by atoms with Crippen LogP contribution in [0.15, 0.2) is 18.2 Å². The van der Waals surface area contributed by atoms with Gasteiger partial charge in [0.25, 0.3) is 0 Å². The minimum atomic E-state index is -0.378. The first-order valence-electron chi connectivity index (χ1n) is 5.39. The average Bonchev–Trinajstić information content (AvgIpc) is 2.25. The van der Waals surface area contributed by atoms with Gasteiger partial charge in [0.2, 0.25) is 0 Å². The van der Waals surface area contributed by atoms with E-state index >= 15 is 0 Å². The Morgan fingerprint density at radius 1 is 1.44 bits per heavy atom. The molecule has 0 amide bonds. The van der Waals surface area contributed by atoms with Gasteiger partial charge in [-0.1, -0.05) is 19.9 Å². The number of rotatable bonds is 5. The van der Waals surface area contributed by atoms with Crippen molar-refractivity contribution in [3.63, 3.8) is 0 Å². The summed E-state index contributed by atoms with van der Waals surface area (Å²) in [6.07, 6.45) is 1.04. The van der Waals surface area contributed by atoms with Crippen molar-refractivity contribution in [3.05, 3.63) is 29.6 Å². The van der Waals surface area contributed by atoms with E-state index in [1.807, 2.05) is 13.8 Å². The molecule has 0 saturated heterocycles. The number of hydrogen-bond donors (Lipinski definition) is 0. The first-order valence-corrected chi connectivity index (χ1v) is 5.39. The van der Waals surface area contributed by atoms with Crippen molar-refractivity contribution in [2.45, 2.75) is 26.7 Å². The predicted molar refractivity (Wildman–Crippen MR) is 61.1 cm³/mol. The van der Waals surface area contributed by atoms with E-state index in [0.717, 1.165) is 5.56 Å². The molecule has 0 heterocycles. The number of Topliss-reactive ketones (excluding diaryl/α,β-unsaturated/α-hetero) is 1. The zero-order valence-electron chi connectivity index (χ0n) is 9.92. The van der Waals surface area contributed by atoms with Gasteiger partial charge in [-0.25, -0.2) is 4.39 Å². The number of ketones is 1. The largest absolute Gasteiger partial charge is 0.494 e. The lowest BCUT2D eigenvalue weighted by Crippen LogP contribution is -2.07. The third-order valence-corrected chi connectivity index (χ3v) is 2.52. The summed E-state index contributed by atoms with van der Waals surface area (Å²) in [7, 11) is 1.43. The van der Waals surface area contributed by atoms with Crippen LogP contribution in [0, 0.1) is 11.7 Å². The highest BCUT2D eigenvalue weighted by Gasteiger charge is 2.08. The molecule has 16 heavy (non-hydrogen) atoms. The zero-order chi connectivity index (χ0) is 12.1. The minimum absolute atomic E-state index is 0.0445. The Morgan fingerprint density at radius 3 is 2.62 bits per heavy atom. The van der Waals surface area contributed by atoms with Crippen molar-refractivity contribution >= 4 is 5.78 Å². The van der Waals surface area contributed by atoms with Gasteiger partial charge in [0.1, 0.15) is 5.78 Å². The van der Waals surface area contributed by atoms with E-state index in [0.29, 0.717) is 12.8 Å². The molecule has 0 fully saturated rings. The fourth-order valence-corrected chi connectivity index (χ4v) is 1.42. The molecule has 0 atom stereocenters. The molecule has 0 spiro atoms. The maximum Gasteiger partial charge on any atom is 0.165 e. The first-order chi connectivity index (χ1) is 7.54. The summed E-state index contributed by atoms with van der Waals surface area (Å²) in [5, 5.41) is 0. The third kappa shape index (κ3) is 3.33. The molecule has 0 aromatic heterocycles. The van der Waals surface area contributed by atoms with Gasteiger partial charge in [-0.05, 0) is 24.1 Å². The highest BCUT2D eigenvalue weighted by molar-refractivity contribution is 5.80. The van der Waals surface area contributed by atoms with E-state index in [4.69, 9.17) is 4.74 Å². The van der Waals surface area contributed by atoms with Gasteiger partial charge in [-0.2, -0.15) is 0 Å². The van der Waals surface area contributed by atoms with Crippen LogP contribution in [-0.4, -0.2) is 12.9 Å². The van der Waals surface area contributed by atoms with Crippen LogP contribution in [0.4, 0.5) is 4.39 Å². The number of benzene rings is 1. The molecule has 0 N–H and O–H groups in total. The van der Waals surface area contributed by atoms with E-state index in [-0.39, 0.29) is 23.3 Å². The molecule has 3 heteroatoms. The number of hydrogen-bond acceptors (Lipinski definition) is 2. The summed E-state index contributed by atoms with van der Waals surface area (Å²) in [5.74, 6) is 0.107. The Labute approximate surface area is 95.4 Å². The highest BCUT2D eigenvalue weighted by atomic mass is 19.1.